The van der Waals surface area contributed by atoms with E-state index in [9.17, 15) is 11.8 Å². The number of hydrogen-bond donors (Lipinski definition) is 0. The normalized spacial score (nSPS) is 13.9. The standard InChI is InChI=1S/C74H48N6/c1-73(2)52-30-14-6-26-47(52)64-54(73)38-40-62-66(64)49-28-12-20-36-60(49)79(62)69-51(42-75)68(76-5)70(80-61-37-21-13-29-50(61)67-63(80)41-39-55-65(67)48-27-7-15-31-53(48)74(55,3)4)72(78-58-34-18-10-24-45(58)46-25-11-19-35-59(46)78)71(69)77-56-32-16-8-22-43(56)44-23-9-17-33-57(44)77/h6-41H,1-4H3. The van der Waals surface area contributed by atoms with E-state index in [1.165, 1.54) is 44.5 Å². The first kappa shape index (κ1) is 44.7. The van der Waals surface area contributed by atoms with Gasteiger partial charge in [-0.3, -0.25) is 0 Å². The van der Waals surface area contributed by atoms with Crippen molar-refractivity contribution in [2.24, 2.45) is 0 Å². The van der Waals surface area contributed by atoms with Crippen LogP contribution in [0, 0.1) is 17.9 Å². The lowest BCUT2D eigenvalue weighted by atomic mass is 9.82. The molecule has 374 valence electrons. The Balaban J connectivity index is 1.17. The van der Waals surface area contributed by atoms with E-state index in [1.54, 1.807) is 0 Å². The van der Waals surface area contributed by atoms with Crippen molar-refractivity contribution in [1.29, 1.82) is 5.26 Å². The lowest BCUT2D eigenvalue weighted by Gasteiger charge is -2.28. The number of fused-ring (bicyclic) bond motifs is 20. The van der Waals surface area contributed by atoms with Crippen LogP contribution in [0.15, 0.2) is 218 Å². The van der Waals surface area contributed by atoms with Gasteiger partial charge in [-0.25, -0.2) is 4.85 Å². The highest BCUT2D eigenvalue weighted by molar-refractivity contribution is 6.22. The summed E-state index contributed by atoms with van der Waals surface area (Å²) in [7, 11) is 0. The summed E-state index contributed by atoms with van der Waals surface area (Å²) in [6, 6.07) is 81.7. The smallest absolute Gasteiger partial charge is 0.232 e. The van der Waals surface area contributed by atoms with Crippen molar-refractivity contribution in [2.75, 3.05) is 0 Å². The number of para-hydroxylation sites is 6. The maximum absolute atomic E-state index is 12.6. The van der Waals surface area contributed by atoms with E-state index in [0.717, 1.165) is 98.6 Å². The Morgan fingerprint density at radius 3 is 1.04 bits per heavy atom. The summed E-state index contributed by atoms with van der Waals surface area (Å²) < 4.78 is 9.50. The molecule has 17 rings (SSSR count). The molecule has 0 N–H and O–H groups in total. The van der Waals surface area contributed by atoms with Gasteiger partial charge in [-0.1, -0.05) is 198 Å². The zero-order chi connectivity index (χ0) is 53.5. The number of nitriles is 1. The molecule has 0 unspecified atom stereocenters. The van der Waals surface area contributed by atoms with E-state index in [0.29, 0.717) is 16.9 Å². The Bertz CT molecular complexity index is 4960. The minimum absolute atomic E-state index is 0.251. The molecule has 0 saturated carbocycles. The summed E-state index contributed by atoms with van der Waals surface area (Å²) in [6.45, 7) is 19.1. The lowest BCUT2D eigenvalue weighted by Crippen LogP contribution is -2.16. The molecule has 15 aromatic rings. The SMILES string of the molecule is [C-]#[N+]c1c(C#N)c(-n2c3ccccc3c3c4c(ccc32)C(C)(C)c2ccccc2-4)c(-n2c3ccccc3c3ccccc32)c(-n2c3ccccc3c3ccccc32)c1-n1c2ccccc2c2c3c(ccc21)C(C)(C)c1ccccc1-3. The van der Waals surface area contributed by atoms with Gasteiger partial charge in [-0.2, -0.15) is 5.26 Å². The molecule has 6 heteroatoms. The van der Waals surface area contributed by atoms with Gasteiger partial charge in [0.15, 0.2) is 0 Å². The topological polar surface area (TPSA) is 47.9 Å². The van der Waals surface area contributed by atoms with Gasteiger partial charge < -0.3 is 18.3 Å². The van der Waals surface area contributed by atoms with Crippen molar-refractivity contribution in [3.05, 3.63) is 258 Å². The third-order valence-electron chi connectivity index (χ3n) is 18.4. The van der Waals surface area contributed by atoms with Gasteiger partial charge in [0.05, 0.1) is 85.1 Å². The van der Waals surface area contributed by atoms with Crippen molar-refractivity contribution < 1.29 is 0 Å². The summed E-state index contributed by atoms with van der Waals surface area (Å²) in [5.74, 6) is 0. The second kappa shape index (κ2) is 15.6. The maximum atomic E-state index is 12.6. The van der Waals surface area contributed by atoms with Crippen LogP contribution < -0.4 is 0 Å². The molecule has 0 bridgehead atoms. The van der Waals surface area contributed by atoms with Crippen LogP contribution in [0.4, 0.5) is 5.69 Å². The first-order valence-corrected chi connectivity index (χ1v) is 27.5. The Kier molecular flexibility index (Phi) is 8.74. The molecule has 4 aromatic heterocycles. The highest BCUT2D eigenvalue weighted by Gasteiger charge is 2.41. The average Bonchev–Trinajstić information content (AvgIpc) is 3.98. The van der Waals surface area contributed by atoms with Crippen LogP contribution in [-0.4, -0.2) is 18.3 Å². The average molecular weight is 1020 g/mol. The van der Waals surface area contributed by atoms with E-state index in [2.05, 4.69) is 270 Å². The molecule has 0 amide bonds. The largest absolute Gasteiger partial charge is 0.317 e. The maximum Gasteiger partial charge on any atom is 0.232 e. The molecule has 4 heterocycles. The predicted octanol–water partition coefficient (Wildman–Crippen LogP) is 19.1. The van der Waals surface area contributed by atoms with E-state index in [-0.39, 0.29) is 16.5 Å². The van der Waals surface area contributed by atoms with Crippen molar-refractivity contribution in [3.63, 3.8) is 0 Å². The number of aromatic nitrogens is 4. The molecule has 0 fully saturated rings. The molecule has 0 radical (unpaired) electrons. The molecule has 0 saturated heterocycles. The summed E-state index contributed by atoms with van der Waals surface area (Å²) in [5.41, 5.74) is 20.6. The molecular weight excluding hydrogens is 973 g/mol. The first-order chi connectivity index (χ1) is 39.2. The van der Waals surface area contributed by atoms with Crippen LogP contribution in [0.3, 0.4) is 0 Å². The molecule has 2 aliphatic carbocycles. The zero-order valence-electron chi connectivity index (χ0n) is 44.5. The van der Waals surface area contributed by atoms with Crippen LogP contribution in [0.1, 0.15) is 55.5 Å². The lowest BCUT2D eigenvalue weighted by molar-refractivity contribution is 0.660. The van der Waals surface area contributed by atoms with Crippen LogP contribution in [0.5, 0.6) is 0 Å². The van der Waals surface area contributed by atoms with Crippen LogP contribution in [0.2, 0.25) is 0 Å². The fourth-order valence-corrected chi connectivity index (χ4v) is 15.1. The van der Waals surface area contributed by atoms with Gasteiger partial charge in [0, 0.05) is 53.9 Å². The summed E-state index contributed by atoms with van der Waals surface area (Å²) >= 11 is 0. The summed E-state index contributed by atoms with van der Waals surface area (Å²) in [4.78, 5) is 4.73. The first-order valence-electron chi connectivity index (χ1n) is 27.5. The van der Waals surface area contributed by atoms with Crippen molar-refractivity contribution in [1.82, 2.24) is 18.3 Å². The van der Waals surface area contributed by atoms with Crippen LogP contribution >= 0.6 is 0 Å². The van der Waals surface area contributed by atoms with E-state index in [4.69, 9.17) is 4.85 Å². The molecule has 0 spiro atoms. The second-order valence-corrected chi connectivity index (χ2v) is 22.9. The predicted molar refractivity (Wildman–Crippen MR) is 330 cm³/mol. The quantitative estimate of drug-likeness (QED) is 0.162. The molecular formula is C74H48N6. The Morgan fingerprint density at radius 1 is 0.338 bits per heavy atom. The Hall–Kier alpha value is -10.4. The fourth-order valence-electron chi connectivity index (χ4n) is 15.1. The number of nitrogens with zero attached hydrogens (tertiary/aromatic N) is 6. The highest BCUT2D eigenvalue weighted by Crippen LogP contribution is 2.58. The number of hydrogen-bond acceptors (Lipinski definition) is 1. The second-order valence-electron chi connectivity index (χ2n) is 22.9. The van der Waals surface area contributed by atoms with E-state index >= 15 is 0 Å². The van der Waals surface area contributed by atoms with Gasteiger partial charge in [-0.15, -0.1) is 0 Å². The highest BCUT2D eigenvalue weighted by atomic mass is 15.2. The van der Waals surface area contributed by atoms with Crippen molar-refractivity contribution >= 4 is 92.9 Å². The third kappa shape index (κ3) is 5.40. The minimum atomic E-state index is -0.252. The molecule has 0 atom stereocenters. The number of rotatable bonds is 4. The third-order valence-corrected chi connectivity index (χ3v) is 18.4. The van der Waals surface area contributed by atoms with E-state index in [1.807, 2.05) is 0 Å². The minimum Gasteiger partial charge on any atom is -0.317 e. The number of benzene rings is 11. The van der Waals surface area contributed by atoms with Gasteiger partial charge >= 0.3 is 0 Å². The summed E-state index contributed by atoms with van der Waals surface area (Å²) in [6.07, 6.45) is 0. The van der Waals surface area contributed by atoms with Crippen molar-refractivity contribution in [2.45, 2.75) is 38.5 Å². The molecule has 80 heavy (non-hydrogen) atoms. The molecule has 11 aromatic carbocycles. The summed E-state index contributed by atoms with van der Waals surface area (Å²) in [5, 5.41) is 21.3. The molecule has 2 aliphatic rings. The Labute approximate surface area is 461 Å². The Morgan fingerprint density at radius 2 is 0.650 bits per heavy atom. The van der Waals surface area contributed by atoms with Gasteiger partial charge in [0.1, 0.15) is 0 Å². The monoisotopic (exact) mass is 1020 g/mol. The van der Waals surface area contributed by atoms with Gasteiger partial charge in [0.2, 0.25) is 5.69 Å². The van der Waals surface area contributed by atoms with Crippen molar-refractivity contribution in [3.8, 4) is 51.1 Å². The molecule has 6 nitrogen and oxygen atoms in total. The van der Waals surface area contributed by atoms with E-state index < -0.39 is 0 Å². The molecule has 0 aliphatic heterocycles. The van der Waals surface area contributed by atoms with Gasteiger partial charge in [0.25, 0.3) is 0 Å². The van der Waals surface area contributed by atoms with Crippen LogP contribution in [-0.2, 0) is 10.8 Å². The van der Waals surface area contributed by atoms with Crippen LogP contribution in [0.25, 0.3) is 137 Å². The van der Waals surface area contributed by atoms with Gasteiger partial charge in [-0.05, 0) is 93.0 Å². The fraction of sp³-hybridized carbons (Fsp3) is 0.0811. The zero-order valence-corrected chi connectivity index (χ0v) is 44.5.